The first-order valence-electron chi connectivity index (χ1n) is 9.54. The topological polar surface area (TPSA) is 75.2 Å². The molecule has 1 aliphatic rings. The molecule has 7 heteroatoms. The van der Waals surface area contributed by atoms with Gasteiger partial charge >= 0.3 is 0 Å². The van der Waals surface area contributed by atoms with Gasteiger partial charge in [0.15, 0.2) is 0 Å². The second-order valence-electron chi connectivity index (χ2n) is 7.37. The number of benzene rings is 2. The van der Waals surface area contributed by atoms with E-state index in [9.17, 15) is 9.59 Å². The molecule has 148 valence electrons. The van der Waals surface area contributed by atoms with Crippen LogP contribution in [0.25, 0.3) is 10.9 Å². The zero-order valence-corrected chi connectivity index (χ0v) is 17.4. The van der Waals surface area contributed by atoms with Crippen molar-refractivity contribution < 1.29 is 9.59 Å². The second kappa shape index (κ2) is 7.83. The summed E-state index contributed by atoms with van der Waals surface area (Å²) in [6.07, 6.45) is 0. The van der Waals surface area contributed by atoms with Gasteiger partial charge in [-0.15, -0.1) is 0 Å². The van der Waals surface area contributed by atoms with Crippen molar-refractivity contribution in [3.05, 3.63) is 54.4 Å². The summed E-state index contributed by atoms with van der Waals surface area (Å²) in [6.45, 7) is 5.90. The average Bonchev–Trinajstić information content (AvgIpc) is 2.70. The molecule has 6 nitrogen and oxygen atoms in total. The maximum atomic E-state index is 13.6. The number of nitrogens with zero attached hydrogens (tertiary/aromatic N) is 3. The van der Waals surface area contributed by atoms with E-state index in [0.29, 0.717) is 11.5 Å². The molecular formula is C22H22N4O2S. The van der Waals surface area contributed by atoms with E-state index in [1.165, 1.54) is 11.8 Å². The zero-order chi connectivity index (χ0) is 20.5. The van der Waals surface area contributed by atoms with Crippen molar-refractivity contribution in [3.8, 4) is 0 Å². The molecule has 3 aromatic rings. The van der Waals surface area contributed by atoms with Crippen molar-refractivity contribution in [1.29, 1.82) is 0 Å². The number of rotatable bonds is 4. The predicted molar refractivity (Wildman–Crippen MR) is 116 cm³/mol. The smallest absolute Gasteiger partial charge is 0.244 e. The summed E-state index contributed by atoms with van der Waals surface area (Å²) < 4.78 is 0. The molecule has 0 saturated heterocycles. The number of anilines is 2. The molecule has 29 heavy (non-hydrogen) atoms. The summed E-state index contributed by atoms with van der Waals surface area (Å²) >= 11 is 1.44. The van der Waals surface area contributed by atoms with Crippen LogP contribution < -0.4 is 10.2 Å². The fourth-order valence-electron chi connectivity index (χ4n) is 3.42. The number of amides is 2. The van der Waals surface area contributed by atoms with Crippen molar-refractivity contribution in [1.82, 2.24) is 9.97 Å². The van der Waals surface area contributed by atoms with E-state index in [0.717, 1.165) is 21.6 Å². The van der Waals surface area contributed by atoms with Crippen LogP contribution in [0.15, 0.2) is 53.6 Å². The quantitative estimate of drug-likeness (QED) is 0.523. The van der Waals surface area contributed by atoms with E-state index < -0.39 is 0 Å². The van der Waals surface area contributed by atoms with Crippen LogP contribution in [0.1, 0.15) is 19.7 Å². The first-order chi connectivity index (χ1) is 13.9. The Morgan fingerprint density at radius 1 is 1.10 bits per heavy atom. The first kappa shape index (κ1) is 19.4. The Bertz CT molecular complexity index is 1100. The molecule has 1 aliphatic heterocycles. The first-order valence-corrected chi connectivity index (χ1v) is 10.4. The number of carbonyl (C=O) groups is 2. The Hall–Kier alpha value is -2.93. The molecule has 1 unspecified atom stereocenters. The number of hydrogen-bond acceptors (Lipinski definition) is 5. The monoisotopic (exact) mass is 406 g/mol. The minimum atomic E-state index is -0.383. The summed E-state index contributed by atoms with van der Waals surface area (Å²) in [4.78, 5) is 36.4. The van der Waals surface area contributed by atoms with Crippen LogP contribution in [0.2, 0.25) is 0 Å². The average molecular weight is 407 g/mol. The number of carbonyl (C=O) groups excluding carboxylic acids is 2. The van der Waals surface area contributed by atoms with Gasteiger partial charge in [-0.05, 0) is 31.0 Å². The van der Waals surface area contributed by atoms with E-state index in [1.807, 2.05) is 69.3 Å². The number of fused-ring (bicyclic) bond motifs is 2. The van der Waals surface area contributed by atoms with Crippen LogP contribution >= 0.6 is 11.8 Å². The zero-order valence-electron chi connectivity index (χ0n) is 16.5. The van der Waals surface area contributed by atoms with Gasteiger partial charge in [0.05, 0.1) is 22.1 Å². The highest BCUT2D eigenvalue weighted by molar-refractivity contribution is 8.00. The molecule has 2 heterocycles. The standard InChI is InChI=1S/C22H22N4O2S/c1-13(2)20(29-21-15-8-4-5-9-16(15)23-14(3)24-21)22(28)26-12-19(27)25-17-10-6-7-11-18(17)26/h4-11,13,20H,12H2,1-3H3,(H,25,27). The Kier molecular flexibility index (Phi) is 5.24. The highest BCUT2D eigenvalue weighted by atomic mass is 32.2. The van der Waals surface area contributed by atoms with Gasteiger partial charge in [0.2, 0.25) is 11.8 Å². The van der Waals surface area contributed by atoms with Gasteiger partial charge in [-0.2, -0.15) is 0 Å². The molecule has 2 aromatic carbocycles. The third-order valence-electron chi connectivity index (χ3n) is 4.80. The van der Waals surface area contributed by atoms with Crippen LogP contribution in [-0.4, -0.2) is 33.6 Å². The fraction of sp³-hybridized carbons (Fsp3) is 0.273. The number of para-hydroxylation sites is 3. The van der Waals surface area contributed by atoms with E-state index in [2.05, 4.69) is 15.3 Å². The van der Waals surface area contributed by atoms with Crippen LogP contribution in [0, 0.1) is 12.8 Å². The van der Waals surface area contributed by atoms with Crippen LogP contribution in [0.4, 0.5) is 11.4 Å². The Balaban J connectivity index is 1.71. The number of aryl methyl sites for hydroxylation is 1. The van der Waals surface area contributed by atoms with Gasteiger partial charge < -0.3 is 5.32 Å². The van der Waals surface area contributed by atoms with E-state index >= 15 is 0 Å². The Labute approximate surface area is 173 Å². The lowest BCUT2D eigenvalue weighted by Crippen LogP contribution is -2.47. The summed E-state index contributed by atoms with van der Waals surface area (Å²) in [5, 5.41) is 4.17. The molecule has 0 fully saturated rings. The third-order valence-corrected chi connectivity index (χ3v) is 6.34. The highest BCUT2D eigenvalue weighted by Gasteiger charge is 2.34. The van der Waals surface area contributed by atoms with Crippen LogP contribution in [0.5, 0.6) is 0 Å². The number of aromatic nitrogens is 2. The Morgan fingerprint density at radius 2 is 1.83 bits per heavy atom. The Morgan fingerprint density at radius 3 is 2.62 bits per heavy atom. The molecule has 0 bridgehead atoms. The number of hydrogen-bond donors (Lipinski definition) is 1. The van der Waals surface area contributed by atoms with Gasteiger partial charge in [-0.1, -0.05) is 55.9 Å². The minimum Gasteiger partial charge on any atom is -0.323 e. The summed E-state index contributed by atoms with van der Waals surface area (Å²) in [6, 6.07) is 15.2. The van der Waals surface area contributed by atoms with Gasteiger partial charge in [0.1, 0.15) is 17.4 Å². The molecule has 0 radical (unpaired) electrons. The SMILES string of the molecule is Cc1nc(SC(C(=O)N2CC(=O)Nc3ccccc32)C(C)C)c2ccccc2n1. The summed E-state index contributed by atoms with van der Waals surface area (Å²) in [7, 11) is 0. The number of nitrogens with one attached hydrogen (secondary N) is 1. The lowest BCUT2D eigenvalue weighted by molar-refractivity contribution is -0.122. The minimum absolute atomic E-state index is 0.0170. The van der Waals surface area contributed by atoms with Crippen molar-refractivity contribution in [2.75, 3.05) is 16.8 Å². The molecule has 1 atom stereocenters. The van der Waals surface area contributed by atoms with Gasteiger partial charge in [0.25, 0.3) is 0 Å². The predicted octanol–water partition coefficient (Wildman–Crippen LogP) is 4.04. The third kappa shape index (κ3) is 3.82. The number of thioether (sulfide) groups is 1. The molecule has 4 rings (SSSR count). The van der Waals surface area contributed by atoms with E-state index in [1.54, 1.807) is 4.90 Å². The summed E-state index contributed by atoms with van der Waals surface area (Å²) in [5.74, 6) is 0.447. The molecule has 0 spiro atoms. The van der Waals surface area contributed by atoms with Gasteiger partial charge in [-0.25, -0.2) is 9.97 Å². The van der Waals surface area contributed by atoms with Gasteiger partial charge in [0, 0.05) is 5.39 Å². The van der Waals surface area contributed by atoms with E-state index in [4.69, 9.17) is 0 Å². The summed E-state index contributed by atoms with van der Waals surface area (Å²) in [5.41, 5.74) is 2.25. The molecule has 1 N–H and O–H groups in total. The molecular weight excluding hydrogens is 384 g/mol. The molecule has 1 aromatic heterocycles. The highest BCUT2D eigenvalue weighted by Crippen LogP contribution is 2.36. The lowest BCUT2D eigenvalue weighted by Gasteiger charge is -2.32. The van der Waals surface area contributed by atoms with Crippen molar-refractivity contribution in [2.45, 2.75) is 31.0 Å². The van der Waals surface area contributed by atoms with E-state index in [-0.39, 0.29) is 29.5 Å². The fourth-order valence-corrected chi connectivity index (χ4v) is 4.65. The second-order valence-corrected chi connectivity index (χ2v) is 8.50. The maximum absolute atomic E-state index is 13.6. The molecule has 2 amide bonds. The lowest BCUT2D eigenvalue weighted by atomic mass is 10.1. The van der Waals surface area contributed by atoms with Crippen LogP contribution in [-0.2, 0) is 9.59 Å². The van der Waals surface area contributed by atoms with Gasteiger partial charge in [-0.3, -0.25) is 14.5 Å². The van der Waals surface area contributed by atoms with Crippen molar-refractivity contribution in [3.63, 3.8) is 0 Å². The maximum Gasteiger partial charge on any atom is 0.244 e. The van der Waals surface area contributed by atoms with Crippen LogP contribution in [0.3, 0.4) is 0 Å². The van der Waals surface area contributed by atoms with Crippen molar-refractivity contribution in [2.24, 2.45) is 5.92 Å². The molecule has 0 saturated carbocycles. The van der Waals surface area contributed by atoms with Crippen molar-refractivity contribution >= 4 is 45.9 Å². The normalized spacial score (nSPS) is 14.6. The largest absolute Gasteiger partial charge is 0.323 e. The molecule has 0 aliphatic carbocycles.